The number of carboxylic acids is 1. The van der Waals surface area contributed by atoms with Crippen molar-refractivity contribution in [1.82, 2.24) is 4.31 Å². The van der Waals surface area contributed by atoms with Gasteiger partial charge in [-0.25, -0.2) is 8.42 Å². The number of aliphatic hydroxyl groups is 1. The molecular formula is C10H19NO6S. The maximum Gasteiger partial charge on any atom is 0.322 e. The van der Waals surface area contributed by atoms with Crippen molar-refractivity contribution in [1.29, 1.82) is 0 Å². The van der Waals surface area contributed by atoms with E-state index in [1.807, 2.05) is 0 Å². The van der Waals surface area contributed by atoms with Gasteiger partial charge in [0.15, 0.2) is 0 Å². The lowest BCUT2D eigenvalue weighted by molar-refractivity contribution is -0.140. The van der Waals surface area contributed by atoms with Crippen LogP contribution in [0.3, 0.4) is 0 Å². The Bertz CT molecular complexity index is 393. The lowest BCUT2D eigenvalue weighted by Gasteiger charge is -2.20. The molecule has 0 amide bonds. The molecule has 1 fully saturated rings. The summed E-state index contributed by atoms with van der Waals surface area (Å²) in [5, 5.41) is 18.3. The lowest BCUT2D eigenvalue weighted by Crippen LogP contribution is -2.42. The highest BCUT2D eigenvalue weighted by atomic mass is 32.2. The van der Waals surface area contributed by atoms with Gasteiger partial charge in [-0.2, -0.15) is 4.31 Å². The van der Waals surface area contributed by atoms with Gasteiger partial charge < -0.3 is 14.9 Å². The van der Waals surface area contributed by atoms with Crippen molar-refractivity contribution in [2.24, 2.45) is 0 Å². The summed E-state index contributed by atoms with van der Waals surface area (Å²) < 4.78 is 29.9. The van der Waals surface area contributed by atoms with Crippen molar-refractivity contribution >= 4 is 16.0 Å². The van der Waals surface area contributed by atoms with Crippen LogP contribution in [-0.4, -0.2) is 66.1 Å². The third-order valence-corrected chi connectivity index (χ3v) is 4.47. The predicted molar refractivity (Wildman–Crippen MR) is 63.6 cm³/mol. The Kier molecular flexibility index (Phi) is 5.09. The molecule has 0 bridgehead atoms. The van der Waals surface area contributed by atoms with Gasteiger partial charge in [0.05, 0.1) is 24.6 Å². The number of rotatable bonds is 6. The minimum atomic E-state index is -3.72. The Labute approximate surface area is 106 Å². The van der Waals surface area contributed by atoms with E-state index in [-0.39, 0.29) is 31.4 Å². The molecule has 1 saturated heterocycles. The maximum absolute atomic E-state index is 11.9. The van der Waals surface area contributed by atoms with Crippen molar-refractivity contribution in [3.63, 3.8) is 0 Å². The van der Waals surface area contributed by atoms with E-state index in [1.54, 1.807) is 13.8 Å². The first-order valence-electron chi connectivity index (χ1n) is 5.76. The number of aliphatic hydroxyl groups excluding tert-OH is 1. The molecule has 1 aliphatic rings. The quantitative estimate of drug-likeness (QED) is 0.664. The van der Waals surface area contributed by atoms with Gasteiger partial charge in [-0.05, 0) is 13.8 Å². The van der Waals surface area contributed by atoms with Crippen LogP contribution >= 0.6 is 0 Å². The smallest absolute Gasteiger partial charge is 0.322 e. The second kappa shape index (κ2) is 5.96. The van der Waals surface area contributed by atoms with E-state index < -0.39 is 28.1 Å². The summed E-state index contributed by atoms with van der Waals surface area (Å²) >= 11 is 0. The van der Waals surface area contributed by atoms with E-state index in [0.29, 0.717) is 0 Å². The molecule has 18 heavy (non-hydrogen) atoms. The van der Waals surface area contributed by atoms with Gasteiger partial charge >= 0.3 is 5.97 Å². The van der Waals surface area contributed by atoms with Crippen LogP contribution in [0.1, 0.15) is 20.3 Å². The summed E-state index contributed by atoms with van der Waals surface area (Å²) in [6.45, 7) is 3.42. The van der Waals surface area contributed by atoms with E-state index in [1.165, 1.54) is 0 Å². The predicted octanol–water partition coefficient (Wildman–Crippen LogP) is -0.739. The van der Waals surface area contributed by atoms with Crippen LogP contribution in [-0.2, 0) is 19.6 Å². The topological polar surface area (TPSA) is 104 Å². The number of sulfonamides is 1. The van der Waals surface area contributed by atoms with E-state index >= 15 is 0 Å². The molecule has 1 aliphatic heterocycles. The highest BCUT2D eigenvalue weighted by Gasteiger charge is 2.42. The Morgan fingerprint density at radius 3 is 2.61 bits per heavy atom. The fourth-order valence-corrected chi connectivity index (χ4v) is 3.33. The van der Waals surface area contributed by atoms with E-state index in [2.05, 4.69) is 0 Å². The van der Waals surface area contributed by atoms with Crippen molar-refractivity contribution in [3.05, 3.63) is 0 Å². The Morgan fingerprint density at radius 1 is 1.50 bits per heavy atom. The summed E-state index contributed by atoms with van der Waals surface area (Å²) in [5.41, 5.74) is 0. The first-order valence-corrected chi connectivity index (χ1v) is 7.37. The average molecular weight is 281 g/mol. The molecule has 7 nitrogen and oxygen atoms in total. The molecule has 0 aromatic heterocycles. The first kappa shape index (κ1) is 15.4. The largest absolute Gasteiger partial charge is 0.480 e. The number of ether oxygens (including phenoxy) is 1. The van der Waals surface area contributed by atoms with Gasteiger partial charge in [0.25, 0.3) is 0 Å². The Morgan fingerprint density at radius 2 is 2.11 bits per heavy atom. The summed E-state index contributed by atoms with van der Waals surface area (Å²) in [6, 6.07) is -1.18. The molecule has 2 atom stereocenters. The monoisotopic (exact) mass is 281 g/mol. The first-order chi connectivity index (χ1) is 8.24. The molecule has 0 aliphatic carbocycles. The third kappa shape index (κ3) is 3.91. The Hall–Kier alpha value is -0.700. The molecular weight excluding hydrogens is 262 g/mol. The molecule has 0 radical (unpaired) electrons. The van der Waals surface area contributed by atoms with Gasteiger partial charge in [-0.15, -0.1) is 0 Å². The van der Waals surface area contributed by atoms with Crippen LogP contribution in [0.15, 0.2) is 0 Å². The molecule has 8 heteroatoms. The molecule has 2 N–H and O–H groups in total. The van der Waals surface area contributed by atoms with Crippen molar-refractivity contribution in [2.45, 2.75) is 38.5 Å². The van der Waals surface area contributed by atoms with Crippen LogP contribution in [0.5, 0.6) is 0 Å². The average Bonchev–Trinajstić information content (AvgIpc) is 2.60. The van der Waals surface area contributed by atoms with Crippen LogP contribution in [0.25, 0.3) is 0 Å². The summed E-state index contributed by atoms with van der Waals surface area (Å²) in [6.07, 6.45) is -1.08. The number of nitrogens with zero attached hydrogens (tertiary/aromatic N) is 1. The molecule has 0 aromatic rings. The fourth-order valence-electron chi connectivity index (χ4n) is 1.82. The number of hydrogen-bond donors (Lipinski definition) is 2. The second-order valence-corrected chi connectivity index (χ2v) is 6.59. The normalized spacial score (nSPS) is 25.8. The van der Waals surface area contributed by atoms with Gasteiger partial charge in [0, 0.05) is 13.0 Å². The number of hydrogen-bond acceptors (Lipinski definition) is 5. The van der Waals surface area contributed by atoms with Crippen molar-refractivity contribution in [3.8, 4) is 0 Å². The SMILES string of the molecule is CC(C)OCCS(=O)(=O)N1C[C@H](O)C[C@@H]1C(=O)O. The number of carbonyl (C=O) groups is 1. The zero-order valence-electron chi connectivity index (χ0n) is 10.4. The number of carboxylic acid groups (broad SMARTS) is 1. The van der Waals surface area contributed by atoms with E-state index in [0.717, 1.165) is 4.31 Å². The van der Waals surface area contributed by atoms with Gasteiger partial charge in [-0.3, -0.25) is 4.79 Å². The highest BCUT2D eigenvalue weighted by molar-refractivity contribution is 7.89. The summed E-state index contributed by atoms with van der Waals surface area (Å²) in [5.74, 6) is -1.51. The molecule has 1 heterocycles. The van der Waals surface area contributed by atoms with E-state index in [9.17, 15) is 18.3 Å². The molecule has 0 unspecified atom stereocenters. The van der Waals surface area contributed by atoms with Crippen LogP contribution in [0, 0.1) is 0 Å². The summed E-state index contributed by atoms with van der Waals surface area (Å²) in [4.78, 5) is 10.9. The highest BCUT2D eigenvalue weighted by Crippen LogP contribution is 2.22. The zero-order chi connectivity index (χ0) is 13.9. The minimum absolute atomic E-state index is 0.0128. The minimum Gasteiger partial charge on any atom is -0.480 e. The van der Waals surface area contributed by atoms with Crippen LogP contribution < -0.4 is 0 Å². The maximum atomic E-state index is 11.9. The van der Waals surface area contributed by atoms with E-state index in [4.69, 9.17) is 9.84 Å². The molecule has 0 saturated carbocycles. The number of aliphatic carboxylic acids is 1. The van der Waals surface area contributed by atoms with Crippen molar-refractivity contribution < 1.29 is 28.2 Å². The van der Waals surface area contributed by atoms with Gasteiger partial charge in [-0.1, -0.05) is 0 Å². The van der Waals surface area contributed by atoms with Crippen LogP contribution in [0.4, 0.5) is 0 Å². The third-order valence-electron chi connectivity index (χ3n) is 2.67. The molecule has 0 aromatic carbocycles. The second-order valence-electron chi connectivity index (χ2n) is 4.55. The van der Waals surface area contributed by atoms with Gasteiger partial charge in [0.1, 0.15) is 6.04 Å². The van der Waals surface area contributed by atoms with Gasteiger partial charge in [0.2, 0.25) is 10.0 Å². The molecule has 106 valence electrons. The zero-order valence-corrected chi connectivity index (χ0v) is 11.3. The van der Waals surface area contributed by atoms with Crippen LogP contribution in [0.2, 0.25) is 0 Å². The fraction of sp³-hybridized carbons (Fsp3) is 0.900. The molecule has 1 rings (SSSR count). The van der Waals surface area contributed by atoms with Crippen molar-refractivity contribution in [2.75, 3.05) is 18.9 Å². The molecule has 0 spiro atoms. The summed E-state index contributed by atoms with van der Waals surface area (Å²) in [7, 11) is -3.72. The standard InChI is InChI=1S/C10H19NO6S/c1-7(2)17-3-4-18(15,16)11-6-8(12)5-9(11)10(13)14/h7-9,12H,3-6H2,1-2H3,(H,13,14)/t8-,9-/m1/s1. The number of β-amino-alcohol motifs (C(OH)–C–C–N with tert-alkyl or cyclic N) is 1. The Balaban J connectivity index is 2.68. The lowest BCUT2D eigenvalue weighted by atomic mass is 10.2.